The van der Waals surface area contributed by atoms with Crippen molar-refractivity contribution in [3.8, 4) is 0 Å². The highest BCUT2D eigenvalue weighted by Gasteiger charge is 2.27. The van der Waals surface area contributed by atoms with Crippen LogP contribution in [0.3, 0.4) is 0 Å². The van der Waals surface area contributed by atoms with Crippen molar-refractivity contribution in [1.82, 2.24) is 4.90 Å². The van der Waals surface area contributed by atoms with Crippen LogP contribution in [0.15, 0.2) is 0 Å². The maximum atomic E-state index is 11.8. The summed E-state index contributed by atoms with van der Waals surface area (Å²) in [5, 5.41) is 10.7. The minimum absolute atomic E-state index is 0.0305. The number of nitrogens with zero attached hydrogens (tertiary/aromatic N) is 1. The van der Waals surface area contributed by atoms with Crippen LogP contribution in [0, 0.1) is 0 Å². The summed E-state index contributed by atoms with van der Waals surface area (Å²) in [6.45, 7) is 5.98. The average molecular weight is 244 g/mol. The molecular weight excluding hydrogens is 226 g/mol. The SMILES string of the molecule is CC(C)(C)OC(=O)N1CCCOC(C(=O)[O-])C1. The molecule has 0 aromatic heterocycles. The fourth-order valence-electron chi connectivity index (χ4n) is 1.46. The number of amides is 1. The van der Waals surface area contributed by atoms with Crippen molar-refractivity contribution in [3.63, 3.8) is 0 Å². The predicted octanol–water partition coefficient (Wildman–Crippen LogP) is -0.238. The van der Waals surface area contributed by atoms with Crippen LogP contribution in [0.1, 0.15) is 27.2 Å². The molecule has 1 unspecified atom stereocenters. The van der Waals surface area contributed by atoms with E-state index in [1.54, 1.807) is 20.8 Å². The van der Waals surface area contributed by atoms with E-state index in [-0.39, 0.29) is 6.54 Å². The molecule has 0 aromatic carbocycles. The zero-order chi connectivity index (χ0) is 13.1. The average Bonchev–Trinajstić information content (AvgIpc) is 2.39. The monoisotopic (exact) mass is 244 g/mol. The Labute approximate surface area is 100 Å². The highest BCUT2D eigenvalue weighted by Crippen LogP contribution is 2.13. The van der Waals surface area contributed by atoms with Crippen LogP contribution in [0.2, 0.25) is 0 Å². The Morgan fingerprint density at radius 1 is 1.41 bits per heavy atom. The standard InChI is InChI=1S/C11H19NO5/c1-11(2,3)17-10(15)12-5-4-6-16-8(7-12)9(13)14/h8H,4-7H2,1-3H3,(H,13,14)/p-1. The number of aliphatic carboxylic acids is 1. The van der Waals surface area contributed by atoms with Gasteiger partial charge in [-0.3, -0.25) is 0 Å². The van der Waals surface area contributed by atoms with Crippen molar-refractivity contribution in [1.29, 1.82) is 0 Å². The summed E-state index contributed by atoms with van der Waals surface area (Å²) in [4.78, 5) is 23.9. The van der Waals surface area contributed by atoms with Crippen LogP contribution in [-0.2, 0) is 14.3 Å². The molecule has 1 saturated heterocycles. The Morgan fingerprint density at radius 2 is 2.06 bits per heavy atom. The van der Waals surface area contributed by atoms with Gasteiger partial charge in [0.15, 0.2) is 0 Å². The summed E-state index contributed by atoms with van der Waals surface area (Å²) in [5.41, 5.74) is -0.596. The highest BCUT2D eigenvalue weighted by molar-refractivity contribution is 5.73. The molecule has 0 aliphatic carbocycles. The van der Waals surface area contributed by atoms with Gasteiger partial charge in [-0.15, -0.1) is 0 Å². The molecule has 17 heavy (non-hydrogen) atoms. The first-order chi connectivity index (χ1) is 7.79. The molecule has 0 saturated carbocycles. The molecule has 1 fully saturated rings. The van der Waals surface area contributed by atoms with Gasteiger partial charge in [-0.2, -0.15) is 0 Å². The molecule has 1 aliphatic heterocycles. The van der Waals surface area contributed by atoms with Gasteiger partial charge >= 0.3 is 6.09 Å². The van der Waals surface area contributed by atoms with Crippen molar-refractivity contribution in [2.24, 2.45) is 0 Å². The summed E-state index contributed by atoms with van der Waals surface area (Å²) >= 11 is 0. The summed E-state index contributed by atoms with van der Waals surface area (Å²) in [7, 11) is 0. The third-order valence-electron chi connectivity index (χ3n) is 2.19. The molecule has 1 rings (SSSR count). The van der Waals surface area contributed by atoms with Crippen molar-refractivity contribution in [3.05, 3.63) is 0 Å². The fraction of sp³-hybridized carbons (Fsp3) is 0.818. The molecule has 0 bridgehead atoms. The normalized spacial score (nSPS) is 21.8. The van der Waals surface area contributed by atoms with E-state index >= 15 is 0 Å². The fourth-order valence-corrected chi connectivity index (χ4v) is 1.46. The van der Waals surface area contributed by atoms with E-state index in [0.717, 1.165) is 0 Å². The molecule has 1 heterocycles. The van der Waals surface area contributed by atoms with Gasteiger partial charge in [0.05, 0.1) is 12.5 Å². The molecule has 6 heteroatoms. The maximum absolute atomic E-state index is 11.8. The minimum atomic E-state index is -1.31. The predicted molar refractivity (Wildman–Crippen MR) is 57.2 cm³/mol. The second-order valence-corrected chi connectivity index (χ2v) is 4.96. The van der Waals surface area contributed by atoms with Crippen molar-refractivity contribution < 1.29 is 24.2 Å². The van der Waals surface area contributed by atoms with E-state index in [9.17, 15) is 14.7 Å². The molecule has 0 spiro atoms. The molecule has 0 N–H and O–H groups in total. The van der Waals surface area contributed by atoms with Crippen molar-refractivity contribution >= 4 is 12.1 Å². The zero-order valence-corrected chi connectivity index (χ0v) is 10.4. The van der Waals surface area contributed by atoms with E-state index in [1.165, 1.54) is 4.90 Å². The molecule has 1 atom stereocenters. The van der Waals surface area contributed by atoms with E-state index in [1.807, 2.05) is 0 Å². The van der Waals surface area contributed by atoms with E-state index in [0.29, 0.717) is 19.6 Å². The van der Waals surface area contributed by atoms with Gasteiger partial charge in [0, 0.05) is 13.2 Å². The third-order valence-corrected chi connectivity index (χ3v) is 2.19. The van der Waals surface area contributed by atoms with Crippen LogP contribution in [0.5, 0.6) is 0 Å². The lowest BCUT2D eigenvalue weighted by Crippen LogP contribution is -2.46. The maximum Gasteiger partial charge on any atom is 0.410 e. The van der Waals surface area contributed by atoms with Gasteiger partial charge in [-0.05, 0) is 27.2 Å². The first-order valence-corrected chi connectivity index (χ1v) is 5.60. The molecule has 98 valence electrons. The van der Waals surface area contributed by atoms with Crippen LogP contribution < -0.4 is 5.11 Å². The van der Waals surface area contributed by atoms with E-state index in [2.05, 4.69) is 0 Å². The minimum Gasteiger partial charge on any atom is -0.547 e. The van der Waals surface area contributed by atoms with Crippen LogP contribution >= 0.6 is 0 Å². The number of carboxylic acid groups (broad SMARTS) is 1. The number of rotatable bonds is 1. The van der Waals surface area contributed by atoms with E-state index < -0.39 is 23.8 Å². The zero-order valence-electron chi connectivity index (χ0n) is 10.4. The van der Waals surface area contributed by atoms with Gasteiger partial charge in [0.1, 0.15) is 11.7 Å². The second-order valence-electron chi connectivity index (χ2n) is 4.96. The van der Waals surface area contributed by atoms with E-state index in [4.69, 9.17) is 9.47 Å². The van der Waals surface area contributed by atoms with Gasteiger partial charge in [-0.1, -0.05) is 0 Å². The van der Waals surface area contributed by atoms with Crippen LogP contribution in [-0.4, -0.2) is 48.4 Å². The summed E-state index contributed by atoms with van der Waals surface area (Å²) < 4.78 is 10.2. The second kappa shape index (κ2) is 5.35. The Hall–Kier alpha value is -1.30. The Bertz CT molecular complexity index is 297. The number of carboxylic acids is 1. The van der Waals surface area contributed by atoms with Gasteiger partial charge in [0.25, 0.3) is 0 Å². The number of carbonyl (C=O) groups excluding carboxylic acids is 2. The van der Waals surface area contributed by atoms with Crippen molar-refractivity contribution in [2.45, 2.75) is 38.9 Å². The first kappa shape index (κ1) is 13.8. The van der Waals surface area contributed by atoms with Crippen LogP contribution in [0.25, 0.3) is 0 Å². The summed E-state index contributed by atoms with van der Waals surface area (Å²) in [6, 6.07) is 0. The molecule has 6 nitrogen and oxygen atoms in total. The third kappa shape index (κ3) is 4.60. The number of hydrogen-bond donors (Lipinski definition) is 0. The van der Waals surface area contributed by atoms with Gasteiger partial charge < -0.3 is 24.3 Å². The lowest BCUT2D eigenvalue weighted by molar-refractivity contribution is -0.316. The molecule has 1 aliphatic rings. The largest absolute Gasteiger partial charge is 0.547 e. The quantitative estimate of drug-likeness (QED) is 0.636. The number of hydrogen-bond acceptors (Lipinski definition) is 5. The van der Waals surface area contributed by atoms with Gasteiger partial charge in [-0.25, -0.2) is 4.79 Å². The Balaban J connectivity index is 2.62. The molecule has 0 radical (unpaired) electrons. The first-order valence-electron chi connectivity index (χ1n) is 5.60. The molecular formula is C11H18NO5-. The van der Waals surface area contributed by atoms with Crippen LogP contribution in [0.4, 0.5) is 4.79 Å². The Kier molecular flexibility index (Phi) is 4.34. The number of carbonyl (C=O) groups is 2. The molecule has 1 amide bonds. The lowest BCUT2D eigenvalue weighted by atomic mass is 10.2. The highest BCUT2D eigenvalue weighted by atomic mass is 16.6. The topological polar surface area (TPSA) is 78.9 Å². The number of ether oxygens (including phenoxy) is 2. The molecule has 0 aromatic rings. The van der Waals surface area contributed by atoms with Gasteiger partial charge in [0.2, 0.25) is 0 Å². The van der Waals surface area contributed by atoms with Crippen molar-refractivity contribution in [2.75, 3.05) is 19.7 Å². The Morgan fingerprint density at radius 3 is 2.59 bits per heavy atom. The lowest BCUT2D eigenvalue weighted by Gasteiger charge is -2.28. The summed E-state index contributed by atoms with van der Waals surface area (Å²) in [6.07, 6.45) is -1.01. The summed E-state index contributed by atoms with van der Waals surface area (Å²) in [5.74, 6) is -1.31. The smallest absolute Gasteiger partial charge is 0.410 e.